The van der Waals surface area contributed by atoms with E-state index in [0.29, 0.717) is 12.5 Å². The second-order valence-electron chi connectivity index (χ2n) is 3.96. The lowest BCUT2D eigenvalue weighted by atomic mass is 10.2. The van der Waals surface area contributed by atoms with Gasteiger partial charge in [-0.15, -0.1) is 24.0 Å². The van der Waals surface area contributed by atoms with Crippen molar-refractivity contribution in [2.24, 2.45) is 4.99 Å². The van der Waals surface area contributed by atoms with Crippen molar-refractivity contribution in [3.8, 4) is 5.75 Å². The van der Waals surface area contributed by atoms with Gasteiger partial charge in [0.25, 0.3) is 0 Å². The van der Waals surface area contributed by atoms with Crippen molar-refractivity contribution in [3.05, 3.63) is 29.6 Å². The molecule has 0 bridgehead atoms. The van der Waals surface area contributed by atoms with Crippen molar-refractivity contribution in [2.75, 3.05) is 13.1 Å². The molecule has 1 aliphatic rings. The summed E-state index contributed by atoms with van der Waals surface area (Å²) >= 11 is 0. The van der Waals surface area contributed by atoms with Gasteiger partial charge in [-0.25, -0.2) is 4.39 Å². The van der Waals surface area contributed by atoms with Crippen LogP contribution in [0.25, 0.3) is 0 Å². The molecule has 0 radical (unpaired) electrons. The van der Waals surface area contributed by atoms with Gasteiger partial charge in [0.2, 0.25) is 0 Å². The van der Waals surface area contributed by atoms with Gasteiger partial charge in [-0.05, 0) is 18.6 Å². The minimum atomic E-state index is -2.98. The van der Waals surface area contributed by atoms with Crippen molar-refractivity contribution in [1.82, 2.24) is 10.6 Å². The van der Waals surface area contributed by atoms with Gasteiger partial charge in [-0.3, -0.25) is 4.99 Å². The molecular formula is C12H15F3IN3O. The summed E-state index contributed by atoms with van der Waals surface area (Å²) in [4.78, 5) is 4.15. The first-order chi connectivity index (χ1) is 9.16. The molecule has 8 heteroatoms. The summed E-state index contributed by atoms with van der Waals surface area (Å²) in [5.74, 6) is -0.224. The molecule has 20 heavy (non-hydrogen) atoms. The molecule has 1 aliphatic heterocycles. The predicted molar refractivity (Wildman–Crippen MR) is 80.2 cm³/mol. The maximum Gasteiger partial charge on any atom is 0.387 e. The van der Waals surface area contributed by atoms with Crippen molar-refractivity contribution < 1.29 is 17.9 Å². The normalized spacial score (nSPS) is 14.1. The molecule has 0 saturated heterocycles. The fourth-order valence-corrected chi connectivity index (χ4v) is 1.74. The molecule has 112 valence electrons. The minimum absolute atomic E-state index is 0. The second kappa shape index (κ2) is 8.18. The number of alkyl halides is 2. The lowest BCUT2D eigenvalue weighted by Crippen LogP contribution is -2.40. The highest BCUT2D eigenvalue weighted by Crippen LogP contribution is 2.23. The molecule has 2 rings (SSSR count). The Balaban J connectivity index is 0.00000200. The van der Waals surface area contributed by atoms with E-state index in [9.17, 15) is 13.2 Å². The largest absolute Gasteiger partial charge is 0.434 e. The Morgan fingerprint density at radius 2 is 2.20 bits per heavy atom. The Bertz CT molecular complexity index is 471. The molecule has 2 N–H and O–H groups in total. The van der Waals surface area contributed by atoms with Crippen molar-refractivity contribution in [1.29, 1.82) is 0 Å². The molecule has 1 aromatic carbocycles. The zero-order valence-electron chi connectivity index (χ0n) is 10.5. The van der Waals surface area contributed by atoms with Crippen molar-refractivity contribution in [3.63, 3.8) is 0 Å². The van der Waals surface area contributed by atoms with E-state index < -0.39 is 12.4 Å². The highest BCUT2D eigenvalue weighted by atomic mass is 127. The molecule has 0 spiro atoms. The van der Waals surface area contributed by atoms with Gasteiger partial charge in [-0.2, -0.15) is 8.78 Å². The fraction of sp³-hybridized carbons (Fsp3) is 0.417. The van der Waals surface area contributed by atoms with Crippen molar-refractivity contribution in [2.45, 2.75) is 19.6 Å². The van der Waals surface area contributed by atoms with Crippen LogP contribution in [0.5, 0.6) is 5.75 Å². The number of nitrogens with zero attached hydrogens (tertiary/aromatic N) is 1. The Kier molecular flexibility index (Phi) is 6.89. The third kappa shape index (κ3) is 4.73. The first-order valence-corrected chi connectivity index (χ1v) is 5.91. The van der Waals surface area contributed by atoms with E-state index in [1.165, 1.54) is 18.2 Å². The predicted octanol–water partition coefficient (Wildman–Crippen LogP) is 2.48. The van der Waals surface area contributed by atoms with Gasteiger partial charge < -0.3 is 15.4 Å². The van der Waals surface area contributed by atoms with Crippen LogP contribution in [0.3, 0.4) is 0 Å². The Hall–Kier alpha value is -1.19. The smallest absolute Gasteiger partial charge is 0.387 e. The molecule has 0 fully saturated rings. The summed E-state index contributed by atoms with van der Waals surface area (Å²) in [7, 11) is 0. The number of hydrogen-bond acceptors (Lipinski definition) is 4. The lowest BCUT2D eigenvalue weighted by molar-refractivity contribution is -0.0506. The van der Waals surface area contributed by atoms with Gasteiger partial charge in [0.15, 0.2) is 5.96 Å². The van der Waals surface area contributed by atoms with Crippen LogP contribution < -0.4 is 15.4 Å². The van der Waals surface area contributed by atoms with Gasteiger partial charge in [-0.1, -0.05) is 6.07 Å². The first kappa shape index (κ1) is 16.9. The quantitative estimate of drug-likeness (QED) is 0.763. The Morgan fingerprint density at radius 3 is 2.85 bits per heavy atom. The number of nitrogens with one attached hydrogen (secondary N) is 2. The van der Waals surface area contributed by atoms with E-state index in [1.54, 1.807) is 0 Å². The molecule has 1 heterocycles. The molecule has 1 aromatic rings. The molecule has 0 saturated carbocycles. The summed E-state index contributed by atoms with van der Waals surface area (Å²) in [5.41, 5.74) is 0.0536. The number of guanidine groups is 1. The summed E-state index contributed by atoms with van der Waals surface area (Å²) in [6.07, 6.45) is 0.935. The zero-order valence-corrected chi connectivity index (χ0v) is 12.9. The van der Waals surface area contributed by atoms with E-state index in [2.05, 4.69) is 20.4 Å². The summed E-state index contributed by atoms with van der Waals surface area (Å²) in [5, 5.41) is 5.86. The van der Waals surface area contributed by atoms with Gasteiger partial charge in [0.1, 0.15) is 11.6 Å². The number of hydrogen-bond donors (Lipinski definition) is 2. The van der Waals surface area contributed by atoms with Crippen LogP contribution in [0.15, 0.2) is 23.2 Å². The maximum absolute atomic E-state index is 13.6. The van der Waals surface area contributed by atoms with Crippen LogP contribution in [0.2, 0.25) is 0 Å². The van der Waals surface area contributed by atoms with E-state index in [4.69, 9.17) is 0 Å². The fourth-order valence-electron chi connectivity index (χ4n) is 1.74. The van der Waals surface area contributed by atoms with E-state index in [0.717, 1.165) is 13.0 Å². The molecule has 4 nitrogen and oxygen atoms in total. The molecule has 0 aliphatic carbocycles. The first-order valence-electron chi connectivity index (χ1n) is 5.91. The zero-order chi connectivity index (χ0) is 13.7. The molecule has 0 aromatic heterocycles. The van der Waals surface area contributed by atoms with Gasteiger partial charge in [0, 0.05) is 25.2 Å². The summed E-state index contributed by atoms with van der Waals surface area (Å²) in [6, 6.07) is 3.83. The van der Waals surface area contributed by atoms with E-state index in [1.807, 2.05) is 0 Å². The highest BCUT2D eigenvalue weighted by Gasteiger charge is 2.14. The molecule has 0 unspecified atom stereocenters. The topological polar surface area (TPSA) is 45.6 Å². The third-order valence-electron chi connectivity index (χ3n) is 2.62. The minimum Gasteiger partial charge on any atom is -0.434 e. The van der Waals surface area contributed by atoms with E-state index >= 15 is 0 Å². The Morgan fingerprint density at radius 1 is 1.40 bits per heavy atom. The average molecular weight is 401 g/mol. The standard InChI is InChI=1S/C12H14F3N3O.HI/c13-9-3-1-4-10(19-11(14)15)8(9)7-18-12-16-5-2-6-17-12;/h1,3-4,11H,2,5-7H2,(H2,16,17,18);1H. The van der Waals surface area contributed by atoms with Crippen LogP contribution in [0, 0.1) is 5.82 Å². The lowest BCUT2D eigenvalue weighted by Gasteiger charge is -2.17. The second-order valence-corrected chi connectivity index (χ2v) is 3.96. The Labute approximate surface area is 131 Å². The van der Waals surface area contributed by atoms with E-state index in [-0.39, 0.29) is 41.8 Å². The number of halogens is 4. The summed E-state index contributed by atoms with van der Waals surface area (Å²) in [6.45, 7) is -1.48. The van der Waals surface area contributed by atoms with Crippen molar-refractivity contribution >= 4 is 29.9 Å². The number of aliphatic imine (C=N–C) groups is 1. The van der Waals surface area contributed by atoms with Crippen LogP contribution in [0.4, 0.5) is 13.2 Å². The van der Waals surface area contributed by atoms with Gasteiger partial charge in [0.05, 0.1) is 0 Å². The van der Waals surface area contributed by atoms with Crippen LogP contribution in [-0.4, -0.2) is 25.7 Å². The third-order valence-corrected chi connectivity index (χ3v) is 2.62. The number of rotatable bonds is 4. The molecule has 0 amide bonds. The molecular weight excluding hydrogens is 386 g/mol. The summed E-state index contributed by atoms with van der Waals surface area (Å²) < 4.78 is 42.4. The van der Waals surface area contributed by atoms with Crippen LogP contribution >= 0.6 is 24.0 Å². The molecule has 0 atom stereocenters. The SMILES string of the molecule is Fc1cccc(OC(F)F)c1CNC1=NCCCN1.I. The number of ether oxygens (including phenoxy) is 1. The monoisotopic (exact) mass is 401 g/mol. The maximum atomic E-state index is 13.6. The van der Waals surface area contributed by atoms with Crippen LogP contribution in [-0.2, 0) is 6.54 Å². The van der Waals surface area contributed by atoms with Gasteiger partial charge >= 0.3 is 6.61 Å². The van der Waals surface area contributed by atoms with Crippen LogP contribution in [0.1, 0.15) is 12.0 Å². The highest BCUT2D eigenvalue weighted by molar-refractivity contribution is 14.0. The average Bonchev–Trinajstić information content (AvgIpc) is 2.38. The number of benzene rings is 1.